The molecule has 0 atom stereocenters. The van der Waals surface area contributed by atoms with Crippen molar-refractivity contribution in [1.82, 2.24) is 0 Å². The molecule has 60 valence electrons. The van der Waals surface area contributed by atoms with Gasteiger partial charge in [0.15, 0.2) is 0 Å². The lowest BCUT2D eigenvalue weighted by atomic mass is 10.3. The highest BCUT2D eigenvalue weighted by Gasteiger charge is 1.89. The Bertz CT molecular complexity index is 200. The molecule has 0 heterocycles. The largest absolute Gasteiger partial charge is 0.507 e. The van der Waals surface area contributed by atoms with Gasteiger partial charge in [-0.1, -0.05) is 18.2 Å². The van der Waals surface area contributed by atoms with Crippen molar-refractivity contribution in [2.24, 2.45) is 0 Å². The molecule has 1 aromatic carbocycles. The molecular weight excluding hydrogens is 204 g/mol. The summed E-state index contributed by atoms with van der Waals surface area (Å²) in [5.41, 5.74) is 0. The molecule has 0 spiro atoms. The van der Waals surface area contributed by atoms with Crippen LogP contribution < -0.4 is 0 Å². The quantitative estimate of drug-likeness (QED) is 0.658. The molecule has 0 aliphatic rings. The smallest absolute Gasteiger partial charge is 0.129 e. The van der Waals surface area contributed by atoms with E-state index < -0.39 is 0 Å². The predicted molar refractivity (Wildman–Crippen MR) is 51.7 cm³/mol. The molecule has 0 radical (unpaired) electrons. The lowest BCUT2D eigenvalue weighted by Crippen LogP contribution is -1.63. The molecule has 0 saturated heterocycles. The van der Waals surface area contributed by atoms with E-state index in [2.05, 4.69) is 22.5 Å². The van der Waals surface area contributed by atoms with Crippen LogP contribution in [0.4, 0.5) is 0 Å². The van der Waals surface area contributed by atoms with Crippen LogP contribution in [0.3, 0.4) is 0 Å². The van der Waals surface area contributed by atoms with Gasteiger partial charge < -0.3 is 5.11 Å². The number of hydrogen-bond acceptors (Lipinski definition) is 1. The Morgan fingerprint density at radius 2 is 1.91 bits per heavy atom. The van der Waals surface area contributed by atoms with Crippen LogP contribution >= 0.6 is 15.9 Å². The Labute approximate surface area is 75.5 Å². The summed E-state index contributed by atoms with van der Waals surface area (Å²) in [5, 5.41) is 8.87. The van der Waals surface area contributed by atoms with Crippen molar-refractivity contribution in [2.45, 2.75) is 6.92 Å². The Morgan fingerprint density at radius 1 is 1.45 bits per heavy atom. The van der Waals surface area contributed by atoms with Gasteiger partial charge in [0.2, 0.25) is 0 Å². The normalized spacial score (nSPS) is 7.82. The van der Waals surface area contributed by atoms with Gasteiger partial charge in [-0.15, -0.1) is 6.58 Å². The van der Waals surface area contributed by atoms with E-state index in [4.69, 9.17) is 5.11 Å². The van der Waals surface area contributed by atoms with Crippen LogP contribution in [0.15, 0.2) is 41.4 Å². The second-order valence-electron chi connectivity index (χ2n) is 1.86. The highest BCUT2D eigenvalue weighted by molar-refractivity contribution is 9.10. The number of phenols is 1. The fraction of sp³-hybridized carbons (Fsp3) is 0.111. The fourth-order valence-corrected chi connectivity index (χ4v) is 0.737. The second-order valence-corrected chi connectivity index (χ2v) is 2.71. The molecule has 1 nitrogen and oxygen atoms in total. The zero-order valence-corrected chi connectivity index (χ0v) is 8.01. The minimum absolute atomic E-state index is 0.285. The Hall–Kier alpha value is -0.760. The van der Waals surface area contributed by atoms with Crippen LogP contribution in [0, 0.1) is 0 Å². The lowest BCUT2D eigenvalue weighted by molar-refractivity contribution is 0.472. The number of phenolic OH excluding ortho intramolecular Hbond substituents is 1. The number of benzene rings is 1. The highest BCUT2D eigenvalue weighted by atomic mass is 79.9. The molecule has 1 rings (SSSR count). The SMILES string of the molecule is C=CC.Oc1ccccc1Br. The van der Waals surface area contributed by atoms with Crippen molar-refractivity contribution in [3.05, 3.63) is 41.4 Å². The van der Waals surface area contributed by atoms with Gasteiger partial charge in [-0.3, -0.25) is 0 Å². The zero-order valence-electron chi connectivity index (χ0n) is 6.42. The summed E-state index contributed by atoms with van der Waals surface area (Å²) >= 11 is 3.15. The van der Waals surface area contributed by atoms with Gasteiger partial charge in [0.1, 0.15) is 5.75 Å². The molecule has 2 heteroatoms. The van der Waals surface area contributed by atoms with E-state index in [1.54, 1.807) is 24.3 Å². The average Bonchev–Trinajstić information content (AvgIpc) is 1.97. The minimum Gasteiger partial charge on any atom is -0.507 e. The van der Waals surface area contributed by atoms with Gasteiger partial charge in [0.25, 0.3) is 0 Å². The first kappa shape index (κ1) is 10.2. The second kappa shape index (κ2) is 5.98. The number of aromatic hydroxyl groups is 1. The molecule has 0 fully saturated rings. The van der Waals surface area contributed by atoms with Crippen molar-refractivity contribution < 1.29 is 5.11 Å². The minimum atomic E-state index is 0.285. The van der Waals surface area contributed by atoms with E-state index in [-0.39, 0.29) is 5.75 Å². The summed E-state index contributed by atoms with van der Waals surface area (Å²) < 4.78 is 0.736. The number of para-hydroxylation sites is 1. The van der Waals surface area contributed by atoms with Gasteiger partial charge in [-0.2, -0.15) is 0 Å². The Balaban J connectivity index is 0.000000292. The third-order valence-electron chi connectivity index (χ3n) is 0.852. The van der Waals surface area contributed by atoms with Gasteiger partial charge >= 0.3 is 0 Å². The summed E-state index contributed by atoms with van der Waals surface area (Å²) in [6, 6.07) is 7.04. The van der Waals surface area contributed by atoms with Gasteiger partial charge in [-0.25, -0.2) is 0 Å². The maximum atomic E-state index is 8.87. The van der Waals surface area contributed by atoms with Gasteiger partial charge in [0, 0.05) is 0 Å². The van der Waals surface area contributed by atoms with Crippen LogP contribution in [0.2, 0.25) is 0 Å². The zero-order chi connectivity index (χ0) is 8.69. The molecule has 0 saturated carbocycles. The molecule has 0 unspecified atom stereocenters. The highest BCUT2D eigenvalue weighted by Crippen LogP contribution is 2.21. The van der Waals surface area contributed by atoms with Crippen molar-refractivity contribution in [2.75, 3.05) is 0 Å². The third-order valence-corrected chi connectivity index (χ3v) is 1.52. The van der Waals surface area contributed by atoms with E-state index in [0.717, 1.165) is 4.47 Å². The lowest BCUT2D eigenvalue weighted by Gasteiger charge is -1.90. The van der Waals surface area contributed by atoms with Crippen LogP contribution in [0.5, 0.6) is 5.75 Å². The third kappa shape index (κ3) is 4.62. The number of halogens is 1. The van der Waals surface area contributed by atoms with E-state index in [1.165, 1.54) is 0 Å². The van der Waals surface area contributed by atoms with Crippen molar-refractivity contribution in [3.63, 3.8) is 0 Å². The van der Waals surface area contributed by atoms with Crippen molar-refractivity contribution in [1.29, 1.82) is 0 Å². The first-order valence-electron chi connectivity index (χ1n) is 3.23. The van der Waals surface area contributed by atoms with Crippen LogP contribution in [0.25, 0.3) is 0 Å². The molecule has 0 aromatic heterocycles. The molecule has 0 bridgehead atoms. The maximum absolute atomic E-state index is 8.87. The summed E-state index contributed by atoms with van der Waals surface area (Å²) in [5.74, 6) is 0.285. The van der Waals surface area contributed by atoms with Gasteiger partial charge in [-0.05, 0) is 35.0 Å². The van der Waals surface area contributed by atoms with E-state index in [1.807, 2.05) is 13.0 Å². The Morgan fingerprint density at radius 3 is 2.18 bits per heavy atom. The number of allylic oxidation sites excluding steroid dienone is 1. The molecule has 1 aromatic rings. The molecular formula is C9H11BrO. The van der Waals surface area contributed by atoms with Crippen LogP contribution in [0.1, 0.15) is 6.92 Å². The molecule has 1 N–H and O–H groups in total. The summed E-state index contributed by atoms with van der Waals surface area (Å²) in [6.07, 6.45) is 1.75. The Kier molecular flexibility index (Phi) is 5.57. The molecule has 11 heavy (non-hydrogen) atoms. The summed E-state index contributed by atoms with van der Waals surface area (Å²) in [4.78, 5) is 0. The monoisotopic (exact) mass is 214 g/mol. The molecule has 0 aliphatic carbocycles. The maximum Gasteiger partial charge on any atom is 0.129 e. The van der Waals surface area contributed by atoms with E-state index in [9.17, 15) is 0 Å². The van der Waals surface area contributed by atoms with Crippen molar-refractivity contribution in [3.8, 4) is 5.75 Å². The predicted octanol–water partition coefficient (Wildman–Crippen LogP) is 3.35. The summed E-state index contributed by atoms with van der Waals surface area (Å²) in [6.45, 7) is 5.25. The first-order chi connectivity index (χ1) is 5.22. The van der Waals surface area contributed by atoms with Gasteiger partial charge in [0.05, 0.1) is 4.47 Å². The average molecular weight is 215 g/mol. The summed E-state index contributed by atoms with van der Waals surface area (Å²) in [7, 11) is 0. The number of hydrogen-bond donors (Lipinski definition) is 1. The van der Waals surface area contributed by atoms with E-state index >= 15 is 0 Å². The van der Waals surface area contributed by atoms with Crippen LogP contribution in [-0.2, 0) is 0 Å². The molecule has 0 aliphatic heterocycles. The van der Waals surface area contributed by atoms with E-state index in [0.29, 0.717) is 0 Å². The topological polar surface area (TPSA) is 20.2 Å². The van der Waals surface area contributed by atoms with Crippen molar-refractivity contribution >= 4 is 15.9 Å². The molecule has 0 amide bonds. The first-order valence-corrected chi connectivity index (χ1v) is 4.02. The van der Waals surface area contributed by atoms with Crippen LogP contribution in [-0.4, -0.2) is 5.11 Å². The standard InChI is InChI=1S/C6H5BrO.C3H6/c7-5-3-1-2-4-6(5)8;1-3-2/h1-4,8H;3H,1H2,2H3. The fourth-order valence-electron chi connectivity index (χ4n) is 0.452. The number of rotatable bonds is 0.